The Morgan fingerprint density at radius 1 is 1.07 bits per heavy atom. The Morgan fingerprint density at radius 2 is 1.82 bits per heavy atom. The largest absolute Gasteiger partial charge is 0.497 e. The maximum absolute atomic E-state index is 12.5. The fourth-order valence-corrected chi connectivity index (χ4v) is 2.83. The van der Waals surface area contributed by atoms with Crippen molar-refractivity contribution in [3.63, 3.8) is 0 Å². The zero-order valence-electron chi connectivity index (χ0n) is 15.3. The summed E-state index contributed by atoms with van der Waals surface area (Å²) >= 11 is 3.45. The molecule has 28 heavy (non-hydrogen) atoms. The van der Waals surface area contributed by atoms with Crippen molar-refractivity contribution >= 4 is 28.1 Å². The van der Waals surface area contributed by atoms with Gasteiger partial charge in [-0.05, 0) is 35.9 Å². The van der Waals surface area contributed by atoms with Gasteiger partial charge in [0, 0.05) is 10.0 Å². The number of methoxy groups -OCH3 is 1. The van der Waals surface area contributed by atoms with Crippen LogP contribution in [0.15, 0.2) is 82.4 Å². The van der Waals surface area contributed by atoms with E-state index in [0.717, 1.165) is 15.6 Å². The lowest BCUT2D eigenvalue weighted by atomic mass is 10.2. The number of nitrogens with one attached hydrogen (secondary N) is 1. The van der Waals surface area contributed by atoms with Crippen LogP contribution in [0.2, 0.25) is 0 Å². The summed E-state index contributed by atoms with van der Waals surface area (Å²) < 4.78 is 11.9. The fraction of sp³-hybridized carbons (Fsp3) is 0.0909. The molecule has 0 atom stereocenters. The van der Waals surface area contributed by atoms with E-state index < -0.39 is 0 Å². The van der Waals surface area contributed by atoms with Crippen molar-refractivity contribution in [3.8, 4) is 11.5 Å². The molecule has 3 rings (SSSR count). The summed E-state index contributed by atoms with van der Waals surface area (Å²) in [6.07, 6.45) is 1.55. The van der Waals surface area contributed by atoms with Crippen molar-refractivity contribution < 1.29 is 14.3 Å². The number of carbonyl (C=O) groups excluding carboxylic acids is 1. The number of carbonyl (C=O) groups is 1. The second kappa shape index (κ2) is 9.71. The van der Waals surface area contributed by atoms with Gasteiger partial charge in [-0.15, -0.1) is 0 Å². The Kier molecular flexibility index (Phi) is 6.81. The molecule has 0 saturated heterocycles. The average Bonchev–Trinajstić information content (AvgIpc) is 2.74. The van der Waals surface area contributed by atoms with Crippen molar-refractivity contribution in [1.82, 2.24) is 5.43 Å². The van der Waals surface area contributed by atoms with E-state index in [1.165, 1.54) is 0 Å². The lowest BCUT2D eigenvalue weighted by Gasteiger charge is -2.10. The Bertz CT molecular complexity index is 975. The van der Waals surface area contributed by atoms with E-state index in [4.69, 9.17) is 9.47 Å². The lowest BCUT2D eigenvalue weighted by Crippen LogP contribution is -2.18. The van der Waals surface area contributed by atoms with E-state index in [0.29, 0.717) is 23.7 Å². The average molecular weight is 439 g/mol. The van der Waals surface area contributed by atoms with Crippen LogP contribution in [0.25, 0.3) is 0 Å². The Labute approximate surface area is 172 Å². The third-order valence-electron chi connectivity index (χ3n) is 3.94. The van der Waals surface area contributed by atoms with Crippen LogP contribution in [0.1, 0.15) is 21.5 Å². The van der Waals surface area contributed by atoms with Crippen LogP contribution in [-0.2, 0) is 6.61 Å². The van der Waals surface area contributed by atoms with Gasteiger partial charge >= 0.3 is 0 Å². The highest BCUT2D eigenvalue weighted by atomic mass is 79.9. The molecule has 0 aliphatic rings. The molecule has 0 unspecified atom stereocenters. The first-order valence-corrected chi connectivity index (χ1v) is 9.39. The highest BCUT2D eigenvalue weighted by molar-refractivity contribution is 9.10. The van der Waals surface area contributed by atoms with Gasteiger partial charge in [0.05, 0.1) is 18.9 Å². The molecule has 0 aliphatic carbocycles. The van der Waals surface area contributed by atoms with Crippen LogP contribution in [0.5, 0.6) is 11.5 Å². The molecule has 3 aromatic rings. The predicted octanol–water partition coefficient (Wildman–Crippen LogP) is 4.80. The molecule has 142 valence electrons. The van der Waals surface area contributed by atoms with Gasteiger partial charge in [-0.3, -0.25) is 4.79 Å². The van der Waals surface area contributed by atoms with Gasteiger partial charge in [-0.25, -0.2) is 5.43 Å². The van der Waals surface area contributed by atoms with Crippen LogP contribution in [0, 0.1) is 0 Å². The third kappa shape index (κ3) is 5.20. The summed E-state index contributed by atoms with van der Waals surface area (Å²) in [6, 6.07) is 22.4. The van der Waals surface area contributed by atoms with Crippen molar-refractivity contribution in [3.05, 3.63) is 94.0 Å². The molecule has 0 spiro atoms. The van der Waals surface area contributed by atoms with E-state index in [1.807, 2.05) is 54.6 Å². The Morgan fingerprint density at radius 3 is 2.61 bits per heavy atom. The van der Waals surface area contributed by atoms with Crippen LogP contribution >= 0.6 is 15.9 Å². The molecular weight excluding hydrogens is 420 g/mol. The van der Waals surface area contributed by atoms with Gasteiger partial charge in [0.25, 0.3) is 5.91 Å². The van der Waals surface area contributed by atoms with E-state index in [-0.39, 0.29) is 5.91 Å². The fourth-order valence-electron chi connectivity index (χ4n) is 2.48. The van der Waals surface area contributed by atoms with Gasteiger partial charge in [0.2, 0.25) is 0 Å². The number of benzene rings is 3. The summed E-state index contributed by atoms with van der Waals surface area (Å²) in [4.78, 5) is 12.5. The Hall–Kier alpha value is -3.12. The van der Waals surface area contributed by atoms with Gasteiger partial charge in [-0.2, -0.15) is 5.10 Å². The van der Waals surface area contributed by atoms with Crippen molar-refractivity contribution in [1.29, 1.82) is 0 Å². The highest BCUT2D eigenvalue weighted by Gasteiger charge is 2.11. The van der Waals surface area contributed by atoms with E-state index >= 15 is 0 Å². The number of para-hydroxylation sites is 1. The second-order valence-corrected chi connectivity index (χ2v) is 6.71. The summed E-state index contributed by atoms with van der Waals surface area (Å²) in [6.45, 7) is 0.380. The maximum Gasteiger partial charge on any atom is 0.275 e. The molecule has 0 aliphatic heterocycles. The molecule has 0 radical (unpaired) electrons. The first kappa shape index (κ1) is 19.6. The van der Waals surface area contributed by atoms with Gasteiger partial charge in [0.15, 0.2) is 0 Å². The Balaban J connectivity index is 1.68. The standard InChI is InChI=1S/C22H19BrN2O3/c1-27-18-11-12-20(23)17(13-18)14-24-25-22(26)19-9-5-6-10-21(19)28-15-16-7-3-2-4-8-16/h2-14H,15H2,1H3,(H,25,26)/b24-14-. The first-order chi connectivity index (χ1) is 13.7. The molecule has 1 N–H and O–H groups in total. The zero-order chi connectivity index (χ0) is 19.8. The van der Waals surface area contributed by atoms with E-state index in [2.05, 4.69) is 26.5 Å². The second-order valence-electron chi connectivity index (χ2n) is 5.86. The highest BCUT2D eigenvalue weighted by Crippen LogP contribution is 2.21. The van der Waals surface area contributed by atoms with Gasteiger partial charge < -0.3 is 9.47 Å². The molecule has 0 heterocycles. The minimum atomic E-state index is -0.348. The summed E-state index contributed by atoms with van der Waals surface area (Å²) in [5.41, 5.74) is 4.77. The third-order valence-corrected chi connectivity index (χ3v) is 4.66. The summed E-state index contributed by atoms with van der Waals surface area (Å²) in [5.74, 6) is 0.858. The smallest absolute Gasteiger partial charge is 0.275 e. The molecule has 0 saturated carbocycles. The number of hydrogen-bond acceptors (Lipinski definition) is 4. The van der Waals surface area contributed by atoms with Crippen molar-refractivity contribution in [2.24, 2.45) is 5.10 Å². The normalized spacial score (nSPS) is 10.6. The number of halogens is 1. The van der Waals surface area contributed by atoms with E-state index in [1.54, 1.807) is 31.5 Å². The summed E-state index contributed by atoms with van der Waals surface area (Å²) in [5, 5.41) is 4.05. The molecule has 0 bridgehead atoms. The van der Waals surface area contributed by atoms with Crippen molar-refractivity contribution in [2.45, 2.75) is 6.61 Å². The maximum atomic E-state index is 12.5. The minimum Gasteiger partial charge on any atom is -0.497 e. The predicted molar refractivity (Wildman–Crippen MR) is 113 cm³/mol. The number of hydrazone groups is 1. The molecule has 5 nitrogen and oxygen atoms in total. The molecule has 1 amide bonds. The number of amides is 1. The quantitative estimate of drug-likeness (QED) is 0.425. The first-order valence-electron chi connectivity index (χ1n) is 8.60. The summed E-state index contributed by atoms with van der Waals surface area (Å²) in [7, 11) is 1.60. The molecular formula is C22H19BrN2O3. The molecule has 0 aromatic heterocycles. The van der Waals surface area contributed by atoms with Gasteiger partial charge in [-0.1, -0.05) is 58.4 Å². The van der Waals surface area contributed by atoms with E-state index in [9.17, 15) is 4.79 Å². The molecule has 3 aromatic carbocycles. The van der Waals surface area contributed by atoms with Gasteiger partial charge in [0.1, 0.15) is 18.1 Å². The van der Waals surface area contributed by atoms with Crippen LogP contribution in [0.4, 0.5) is 0 Å². The number of hydrogen-bond donors (Lipinski definition) is 1. The van der Waals surface area contributed by atoms with Crippen LogP contribution in [0.3, 0.4) is 0 Å². The van der Waals surface area contributed by atoms with Crippen LogP contribution < -0.4 is 14.9 Å². The SMILES string of the molecule is COc1ccc(Br)c(/C=N\NC(=O)c2ccccc2OCc2ccccc2)c1. The number of nitrogens with zero attached hydrogens (tertiary/aromatic N) is 1. The number of rotatable bonds is 7. The topological polar surface area (TPSA) is 59.9 Å². The van der Waals surface area contributed by atoms with Crippen molar-refractivity contribution in [2.75, 3.05) is 7.11 Å². The molecule has 0 fully saturated rings. The minimum absolute atomic E-state index is 0.348. The van der Waals surface area contributed by atoms with Crippen LogP contribution in [-0.4, -0.2) is 19.2 Å². The molecule has 6 heteroatoms. The lowest BCUT2D eigenvalue weighted by molar-refractivity contribution is 0.0950. The zero-order valence-corrected chi connectivity index (χ0v) is 16.8. The number of ether oxygens (including phenoxy) is 2. The monoisotopic (exact) mass is 438 g/mol.